The van der Waals surface area contributed by atoms with E-state index in [-0.39, 0.29) is 4.83 Å². The molecule has 0 aliphatic heterocycles. The SMILES string of the molecule is C#CC(Br)C#CCCl. The molecule has 1 atom stereocenters. The molecule has 0 fully saturated rings. The average Bonchev–Trinajstić information content (AvgIpc) is 1.83. The quantitative estimate of drug-likeness (QED) is 0.403. The maximum atomic E-state index is 5.24. The molecule has 8 heavy (non-hydrogen) atoms. The molecule has 0 heterocycles. The van der Waals surface area contributed by atoms with Gasteiger partial charge in [0.2, 0.25) is 0 Å². The second-order valence-corrected chi connectivity index (χ2v) is 2.17. The second-order valence-electron chi connectivity index (χ2n) is 0.984. The topological polar surface area (TPSA) is 0 Å². The van der Waals surface area contributed by atoms with Gasteiger partial charge in [-0.15, -0.1) is 18.0 Å². The Bertz CT molecular complexity index is 146. The fraction of sp³-hybridized carbons (Fsp3) is 0.333. The van der Waals surface area contributed by atoms with Crippen LogP contribution in [0, 0.1) is 24.2 Å². The summed E-state index contributed by atoms with van der Waals surface area (Å²) >= 11 is 8.35. The normalized spacial score (nSPS) is 10.6. The molecule has 0 nitrogen and oxygen atoms in total. The van der Waals surface area contributed by atoms with Gasteiger partial charge in [-0.3, -0.25) is 0 Å². The van der Waals surface area contributed by atoms with Crippen molar-refractivity contribution < 1.29 is 0 Å². The zero-order chi connectivity index (χ0) is 6.41. The van der Waals surface area contributed by atoms with Gasteiger partial charge >= 0.3 is 0 Å². The molecule has 0 bridgehead atoms. The Hall–Kier alpha value is -0.110. The summed E-state index contributed by atoms with van der Waals surface area (Å²) in [5.41, 5.74) is 0. The Kier molecular flexibility index (Phi) is 4.97. The van der Waals surface area contributed by atoms with E-state index < -0.39 is 0 Å². The first-order chi connectivity index (χ1) is 3.81. The predicted molar refractivity (Wildman–Crippen MR) is 40.0 cm³/mol. The number of rotatable bonds is 0. The van der Waals surface area contributed by atoms with E-state index in [2.05, 4.69) is 33.7 Å². The Morgan fingerprint density at radius 1 is 1.75 bits per heavy atom. The van der Waals surface area contributed by atoms with Gasteiger partial charge in [0, 0.05) is 0 Å². The Balaban J connectivity index is 3.56. The molecule has 0 aliphatic carbocycles. The van der Waals surface area contributed by atoms with Crippen LogP contribution in [0.15, 0.2) is 0 Å². The molecule has 0 spiro atoms. The first kappa shape index (κ1) is 7.89. The molecule has 2 heteroatoms. The third-order valence-corrected chi connectivity index (χ3v) is 1.07. The van der Waals surface area contributed by atoms with Crippen LogP contribution in [-0.4, -0.2) is 10.7 Å². The molecule has 0 N–H and O–H groups in total. The molecule has 0 radical (unpaired) electrons. The molecular weight excluding hydrogens is 187 g/mol. The first-order valence-electron chi connectivity index (χ1n) is 1.96. The Labute approximate surface area is 62.7 Å². The zero-order valence-electron chi connectivity index (χ0n) is 4.12. The average molecular weight is 191 g/mol. The summed E-state index contributed by atoms with van der Waals surface area (Å²) in [7, 11) is 0. The third kappa shape index (κ3) is 4.06. The van der Waals surface area contributed by atoms with Crippen LogP contribution in [0.4, 0.5) is 0 Å². The Morgan fingerprint density at radius 3 is 2.75 bits per heavy atom. The minimum Gasteiger partial charge on any atom is -0.118 e. The smallest absolute Gasteiger partial charge is 0.118 e. The fourth-order valence-corrected chi connectivity index (χ4v) is 0.409. The number of halogens is 2. The van der Waals surface area contributed by atoms with Crippen molar-refractivity contribution in [1.29, 1.82) is 0 Å². The summed E-state index contributed by atoms with van der Waals surface area (Å²) in [6, 6.07) is 0. The lowest BCUT2D eigenvalue weighted by Crippen LogP contribution is -1.84. The standard InChI is InChI=1S/C6H4BrCl/c1-2-6(7)4-3-5-8/h1,6H,5H2. The Morgan fingerprint density at radius 2 is 2.38 bits per heavy atom. The van der Waals surface area contributed by atoms with Crippen LogP contribution in [-0.2, 0) is 0 Å². The monoisotopic (exact) mass is 190 g/mol. The number of alkyl halides is 2. The molecule has 0 aliphatic rings. The summed E-state index contributed by atoms with van der Waals surface area (Å²) in [5, 5.41) is 0. The van der Waals surface area contributed by atoms with Crippen LogP contribution in [0.2, 0.25) is 0 Å². The minimum atomic E-state index is -0.152. The molecule has 0 aromatic carbocycles. The van der Waals surface area contributed by atoms with Crippen molar-refractivity contribution in [2.45, 2.75) is 4.83 Å². The van der Waals surface area contributed by atoms with Crippen molar-refractivity contribution in [3.05, 3.63) is 0 Å². The molecule has 0 aromatic heterocycles. The van der Waals surface area contributed by atoms with Gasteiger partial charge in [-0.1, -0.05) is 33.7 Å². The van der Waals surface area contributed by atoms with Crippen LogP contribution >= 0.6 is 27.5 Å². The summed E-state index contributed by atoms with van der Waals surface area (Å²) in [6.07, 6.45) is 4.97. The largest absolute Gasteiger partial charge is 0.135 e. The van der Waals surface area contributed by atoms with Gasteiger partial charge in [0.05, 0.1) is 5.88 Å². The molecular formula is C6H4BrCl. The van der Waals surface area contributed by atoms with Crippen molar-refractivity contribution in [3.8, 4) is 24.2 Å². The van der Waals surface area contributed by atoms with E-state index in [1.807, 2.05) is 0 Å². The van der Waals surface area contributed by atoms with Crippen molar-refractivity contribution in [2.75, 3.05) is 5.88 Å². The van der Waals surface area contributed by atoms with E-state index in [9.17, 15) is 0 Å². The van der Waals surface area contributed by atoms with Crippen molar-refractivity contribution in [1.82, 2.24) is 0 Å². The van der Waals surface area contributed by atoms with Crippen LogP contribution in [0.1, 0.15) is 0 Å². The lowest BCUT2D eigenvalue weighted by molar-refractivity contribution is 1.62. The number of hydrogen-bond acceptors (Lipinski definition) is 0. The van der Waals surface area contributed by atoms with Crippen molar-refractivity contribution in [2.24, 2.45) is 0 Å². The van der Waals surface area contributed by atoms with Gasteiger partial charge in [-0.2, -0.15) is 0 Å². The molecule has 0 saturated carbocycles. The highest BCUT2D eigenvalue weighted by molar-refractivity contribution is 9.09. The van der Waals surface area contributed by atoms with Crippen molar-refractivity contribution in [3.63, 3.8) is 0 Å². The molecule has 42 valence electrons. The number of hydrogen-bond donors (Lipinski definition) is 0. The number of terminal acetylenes is 1. The van der Waals surface area contributed by atoms with Crippen LogP contribution in [0.25, 0.3) is 0 Å². The summed E-state index contributed by atoms with van der Waals surface area (Å²) in [4.78, 5) is -0.152. The van der Waals surface area contributed by atoms with E-state index in [1.54, 1.807) is 0 Å². The molecule has 0 saturated heterocycles. The maximum absolute atomic E-state index is 5.24. The summed E-state index contributed by atoms with van der Waals surface area (Å²) < 4.78 is 0. The highest BCUT2D eigenvalue weighted by Gasteiger charge is 1.85. The first-order valence-corrected chi connectivity index (χ1v) is 3.41. The summed E-state index contributed by atoms with van der Waals surface area (Å²) in [6.45, 7) is 0. The van der Waals surface area contributed by atoms with Gasteiger partial charge in [0.25, 0.3) is 0 Å². The third-order valence-electron chi connectivity index (χ3n) is 0.442. The zero-order valence-corrected chi connectivity index (χ0v) is 6.46. The van der Waals surface area contributed by atoms with Gasteiger partial charge < -0.3 is 0 Å². The molecule has 0 rings (SSSR count). The van der Waals surface area contributed by atoms with E-state index in [0.717, 1.165) is 0 Å². The van der Waals surface area contributed by atoms with Gasteiger partial charge in [0.1, 0.15) is 4.83 Å². The van der Waals surface area contributed by atoms with Crippen LogP contribution in [0.5, 0.6) is 0 Å². The lowest BCUT2D eigenvalue weighted by Gasteiger charge is -1.81. The minimum absolute atomic E-state index is 0.152. The molecule has 0 aromatic rings. The summed E-state index contributed by atoms with van der Waals surface area (Å²) in [5.74, 6) is 8.03. The fourth-order valence-electron chi connectivity index (χ4n) is 0.170. The van der Waals surface area contributed by atoms with E-state index in [1.165, 1.54) is 0 Å². The van der Waals surface area contributed by atoms with Crippen LogP contribution < -0.4 is 0 Å². The molecule has 0 amide bonds. The highest BCUT2D eigenvalue weighted by Crippen LogP contribution is 1.92. The maximum Gasteiger partial charge on any atom is 0.135 e. The molecule has 1 unspecified atom stereocenters. The van der Waals surface area contributed by atoms with Gasteiger partial charge in [-0.25, -0.2) is 0 Å². The van der Waals surface area contributed by atoms with E-state index in [0.29, 0.717) is 5.88 Å². The highest BCUT2D eigenvalue weighted by atomic mass is 79.9. The predicted octanol–water partition coefficient (Wildman–Crippen LogP) is 1.63. The van der Waals surface area contributed by atoms with Crippen LogP contribution in [0.3, 0.4) is 0 Å². The van der Waals surface area contributed by atoms with Gasteiger partial charge in [0.15, 0.2) is 0 Å². The second kappa shape index (κ2) is 5.04. The van der Waals surface area contributed by atoms with Crippen molar-refractivity contribution >= 4 is 27.5 Å². The van der Waals surface area contributed by atoms with E-state index in [4.69, 9.17) is 18.0 Å². The van der Waals surface area contributed by atoms with E-state index >= 15 is 0 Å². The van der Waals surface area contributed by atoms with Gasteiger partial charge in [-0.05, 0) is 0 Å². The lowest BCUT2D eigenvalue weighted by atomic mass is 10.4.